The third-order valence-electron chi connectivity index (χ3n) is 12.3. The monoisotopic (exact) mass is 810 g/mol. The largest absolute Gasteiger partial charge is 0.493 e. The lowest BCUT2D eigenvalue weighted by atomic mass is 9.84. The Morgan fingerprint density at radius 2 is 1.72 bits per heavy atom. The van der Waals surface area contributed by atoms with Crippen LogP contribution in [0.1, 0.15) is 59.2 Å². The van der Waals surface area contributed by atoms with Crippen LogP contribution in [0.15, 0.2) is 54.9 Å². The zero-order chi connectivity index (χ0) is 40.1. The lowest BCUT2D eigenvalue weighted by molar-refractivity contribution is -0.136. The molecule has 6 aliphatic heterocycles. The summed E-state index contributed by atoms with van der Waals surface area (Å²) in [6.45, 7) is 6.38. The molecule has 3 unspecified atom stereocenters. The predicted molar refractivity (Wildman–Crippen MR) is 214 cm³/mol. The summed E-state index contributed by atoms with van der Waals surface area (Å²) >= 11 is 5.99. The van der Waals surface area contributed by atoms with Crippen molar-refractivity contribution in [1.29, 1.82) is 0 Å². The van der Waals surface area contributed by atoms with Gasteiger partial charge in [0.2, 0.25) is 11.8 Å². The molecule has 0 aliphatic carbocycles. The van der Waals surface area contributed by atoms with E-state index >= 15 is 0 Å². The predicted octanol–water partition coefficient (Wildman–Crippen LogP) is 5.02. The number of nitrogens with zero attached hydrogens (tertiary/aromatic N) is 6. The molecule has 6 aliphatic rings. The average Bonchev–Trinajstić information content (AvgIpc) is 3.48. The van der Waals surface area contributed by atoms with Gasteiger partial charge < -0.3 is 24.6 Å². The van der Waals surface area contributed by atoms with Gasteiger partial charge in [0.25, 0.3) is 11.8 Å². The van der Waals surface area contributed by atoms with Crippen molar-refractivity contribution in [1.82, 2.24) is 30.0 Å². The number of halogens is 2. The summed E-state index contributed by atoms with van der Waals surface area (Å²) in [6.07, 6.45) is 6.02. The first-order chi connectivity index (χ1) is 28.1. The summed E-state index contributed by atoms with van der Waals surface area (Å²) in [7, 11) is 1.60. The van der Waals surface area contributed by atoms with E-state index in [1.807, 2.05) is 18.2 Å². The summed E-state index contributed by atoms with van der Waals surface area (Å²) in [6, 6.07) is 13.4. The molecule has 2 bridgehead atoms. The van der Waals surface area contributed by atoms with E-state index in [2.05, 4.69) is 35.3 Å². The van der Waals surface area contributed by atoms with Crippen LogP contribution in [-0.4, -0.2) is 119 Å². The topological polar surface area (TPSA) is 150 Å². The van der Waals surface area contributed by atoms with Crippen molar-refractivity contribution in [2.24, 2.45) is 5.92 Å². The van der Waals surface area contributed by atoms with E-state index in [9.17, 15) is 23.6 Å². The molecule has 10 rings (SSSR count). The van der Waals surface area contributed by atoms with Crippen molar-refractivity contribution in [3.05, 3.63) is 76.8 Å². The first kappa shape index (κ1) is 38.2. The Balaban J connectivity index is 0.736. The number of imide groups is 2. The van der Waals surface area contributed by atoms with Crippen LogP contribution >= 0.6 is 11.6 Å². The third-order valence-corrected chi connectivity index (χ3v) is 12.6. The standard InChI is InChI=1S/C42H44ClFN8O6/c1-57-36-19-34-31(39(46-23-45-34)47-25-3-6-33(44)32(43)15-25)18-37(36)58-14-2-11-49-12-9-24(10-13-49)20-51-27-16-28(51)22-50(21-27)26-4-5-29-30(17-26)42(56)52(41(29)55)35-7-8-38(53)48-40(35)54/h3-6,15,17-19,23-24,27-28,35H,2,7-14,16,20-22H2,1H3,(H,45,46,47)(H,48,53,54). The first-order valence-electron chi connectivity index (χ1n) is 19.9. The van der Waals surface area contributed by atoms with E-state index in [1.54, 1.807) is 25.3 Å². The molecule has 2 N–H and O–H groups in total. The van der Waals surface area contributed by atoms with Gasteiger partial charge in [-0.25, -0.2) is 14.4 Å². The number of rotatable bonds is 12. The Labute approximate surface area is 339 Å². The number of nitrogens with one attached hydrogen (secondary N) is 2. The summed E-state index contributed by atoms with van der Waals surface area (Å²) in [4.78, 5) is 68.0. The molecule has 5 fully saturated rings. The van der Waals surface area contributed by atoms with Crippen LogP contribution in [0, 0.1) is 11.7 Å². The van der Waals surface area contributed by atoms with Crippen molar-refractivity contribution in [3.8, 4) is 11.5 Å². The minimum absolute atomic E-state index is 0.0172. The minimum Gasteiger partial charge on any atom is -0.493 e. The van der Waals surface area contributed by atoms with E-state index in [-0.39, 0.29) is 23.8 Å². The highest BCUT2D eigenvalue weighted by molar-refractivity contribution is 6.31. The third kappa shape index (κ3) is 7.30. The maximum atomic E-state index is 13.7. The van der Waals surface area contributed by atoms with Crippen LogP contribution < -0.4 is 25.0 Å². The summed E-state index contributed by atoms with van der Waals surface area (Å²) < 4.78 is 25.6. The molecule has 16 heteroatoms. The van der Waals surface area contributed by atoms with Crippen LogP contribution in [0.3, 0.4) is 0 Å². The second-order valence-corrected chi connectivity index (χ2v) is 16.2. The maximum absolute atomic E-state index is 13.7. The Kier molecular flexibility index (Phi) is 10.4. The molecule has 0 spiro atoms. The molecule has 0 radical (unpaired) electrons. The number of likely N-dealkylation sites (tertiary alicyclic amines) is 1. The number of benzene rings is 3. The van der Waals surface area contributed by atoms with Gasteiger partial charge in [0.15, 0.2) is 11.5 Å². The van der Waals surface area contributed by atoms with E-state index in [0.29, 0.717) is 64.3 Å². The molecule has 302 valence electrons. The smallest absolute Gasteiger partial charge is 0.262 e. The quantitative estimate of drug-likeness (QED) is 0.146. The lowest BCUT2D eigenvalue weighted by Crippen LogP contribution is -2.69. The number of hydrogen-bond donors (Lipinski definition) is 2. The lowest BCUT2D eigenvalue weighted by Gasteiger charge is -2.58. The van der Waals surface area contributed by atoms with Crippen LogP contribution in [0.25, 0.3) is 10.9 Å². The molecule has 4 amide bonds. The first-order valence-corrected chi connectivity index (χ1v) is 20.3. The zero-order valence-electron chi connectivity index (χ0n) is 32.1. The van der Waals surface area contributed by atoms with Crippen LogP contribution in [0.2, 0.25) is 5.02 Å². The number of amides is 4. The molecule has 3 aromatic carbocycles. The fraction of sp³-hybridized carbons (Fsp3) is 0.429. The van der Waals surface area contributed by atoms with E-state index in [1.165, 1.54) is 18.5 Å². The van der Waals surface area contributed by atoms with Gasteiger partial charge in [-0.15, -0.1) is 0 Å². The van der Waals surface area contributed by atoms with Gasteiger partial charge in [0.1, 0.15) is 24.0 Å². The zero-order valence-corrected chi connectivity index (χ0v) is 32.8. The Hall–Kier alpha value is -5.38. The van der Waals surface area contributed by atoms with Gasteiger partial charge >= 0.3 is 0 Å². The number of fused-ring (bicyclic) bond motifs is 4. The van der Waals surface area contributed by atoms with E-state index in [4.69, 9.17) is 21.1 Å². The molecule has 3 atom stereocenters. The van der Waals surface area contributed by atoms with Gasteiger partial charge in [-0.05, 0) is 93.6 Å². The molecular weight excluding hydrogens is 767 g/mol. The Morgan fingerprint density at radius 3 is 2.48 bits per heavy atom. The van der Waals surface area contributed by atoms with Gasteiger partial charge in [-0.2, -0.15) is 0 Å². The molecule has 14 nitrogen and oxygen atoms in total. The normalized spacial score (nSPS) is 22.6. The number of carbonyl (C=O) groups excluding carboxylic acids is 4. The number of carbonyl (C=O) groups is 4. The van der Waals surface area contributed by atoms with Crippen molar-refractivity contribution >= 4 is 63.3 Å². The van der Waals surface area contributed by atoms with Crippen LogP contribution in [0.4, 0.5) is 21.6 Å². The van der Waals surface area contributed by atoms with Gasteiger partial charge in [-0.3, -0.25) is 34.3 Å². The van der Waals surface area contributed by atoms with E-state index < -0.39 is 29.6 Å². The molecule has 7 heterocycles. The number of methoxy groups -OCH3 is 1. The van der Waals surface area contributed by atoms with E-state index in [0.717, 1.165) is 80.9 Å². The Bertz CT molecular complexity index is 2290. The number of aromatic nitrogens is 2. The highest BCUT2D eigenvalue weighted by Gasteiger charge is 2.47. The number of hydrogen-bond acceptors (Lipinski definition) is 12. The fourth-order valence-electron chi connectivity index (χ4n) is 9.16. The molecule has 1 aromatic heterocycles. The second-order valence-electron chi connectivity index (χ2n) is 15.8. The van der Waals surface area contributed by atoms with Crippen molar-refractivity contribution in [2.75, 3.05) is 63.2 Å². The summed E-state index contributed by atoms with van der Waals surface area (Å²) in [5, 5.41) is 6.21. The summed E-state index contributed by atoms with van der Waals surface area (Å²) in [5.74, 6) is -0.0755. The highest BCUT2D eigenvalue weighted by atomic mass is 35.5. The van der Waals surface area contributed by atoms with Gasteiger partial charge in [0, 0.05) is 67.5 Å². The Morgan fingerprint density at radius 1 is 0.931 bits per heavy atom. The molecule has 4 aromatic rings. The maximum Gasteiger partial charge on any atom is 0.262 e. The molecule has 5 saturated heterocycles. The van der Waals surface area contributed by atoms with Crippen LogP contribution in [0.5, 0.6) is 11.5 Å². The highest BCUT2D eigenvalue weighted by Crippen LogP contribution is 2.39. The van der Waals surface area contributed by atoms with Crippen molar-refractivity contribution in [2.45, 2.75) is 56.7 Å². The fourth-order valence-corrected chi connectivity index (χ4v) is 9.34. The molecule has 0 saturated carbocycles. The molecular formula is C42H44ClFN8O6. The van der Waals surface area contributed by atoms with Crippen molar-refractivity contribution in [3.63, 3.8) is 0 Å². The van der Waals surface area contributed by atoms with Gasteiger partial charge in [0.05, 0.1) is 35.4 Å². The number of piperidine rings is 3. The number of anilines is 3. The van der Waals surface area contributed by atoms with Gasteiger partial charge in [-0.1, -0.05) is 11.6 Å². The average molecular weight is 811 g/mol. The minimum atomic E-state index is -0.969. The van der Waals surface area contributed by atoms with Crippen LogP contribution in [-0.2, 0) is 9.59 Å². The number of piperazine rings is 1. The second kappa shape index (κ2) is 15.8. The van der Waals surface area contributed by atoms with Crippen molar-refractivity contribution < 1.29 is 33.0 Å². The summed E-state index contributed by atoms with van der Waals surface area (Å²) in [5.41, 5.74) is 2.82. The molecule has 58 heavy (non-hydrogen) atoms. The SMILES string of the molecule is COc1cc2ncnc(Nc3ccc(F)c(Cl)c3)c2cc1OCCCN1CCC(CN2C3CC2CN(c2ccc4c(c2)C(=O)N(C2CCC(=O)NC2=O)C4=O)C3)CC1. The number of ether oxygens (including phenoxy) is 2.